The van der Waals surface area contributed by atoms with Gasteiger partial charge in [0.25, 0.3) is 14.1 Å². The van der Waals surface area contributed by atoms with Gasteiger partial charge in [0.15, 0.2) is 0 Å². The highest BCUT2D eigenvalue weighted by Crippen LogP contribution is 2.49. The van der Waals surface area contributed by atoms with Gasteiger partial charge in [-0.15, -0.1) is 0 Å². The number of methoxy groups -OCH3 is 1. The third kappa shape index (κ3) is 13.1. The van der Waals surface area contributed by atoms with Crippen LogP contribution in [0, 0.1) is 11.3 Å². The van der Waals surface area contributed by atoms with Gasteiger partial charge in [-0.05, 0) is 46.6 Å². The van der Waals surface area contributed by atoms with Crippen LogP contribution in [0.2, 0.25) is 0 Å². The molecule has 2 rings (SSSR count). The van der Waals surface area contributed by atoms with Gasteiger partial charge in [0, 0.05) is 57.9 Å². The van der Waals surface area contributed by atoms with Crippen LogP contribution in [0.1, 0.15) is 84.9 Å². The second-order valence-electron chi connectivity index (χ2n) is 11.3. The molecule has 0 aromatic carbocycles. The molecule has 0 saturated carbocycles. The van der Waals surface area contributed by atoms with Crippen molar-refractivity contribution in [1.82, 2.24) is 24.9 Å². The Morgan fingerprint density at radius 2 is 1.84 bits per heavy atom. The first-order chi connectivity index (χ1) is 21.5. The molecule has 4 atom stereocenters. The summed E-state index contributed by atoms with van der Waals surface area (Å²) in [7, 11) is -0.0211. The molecular formula is C30H49N6O8P. The third-order valence-electron chi connectivity index (χ3n) is 6.90. The second-order valence-corrected chi connectivity index (χ2v) is 12.7. The fourth-order valence-corrected chi connectivity index (χ4v) is 6.60. The smallest absolute Gasteiger partial charge is 0.330 e. The summed E-state index contributed by atoms with van der Waals surface area (Å²) >= 11 is 0. The minimum Gasteiger partial charge on any atom is -0.382 e. The fraction of sp³-hybridized carbons (Fsp3) is 0.700. The van der Waals surface area contributed by atoms with Gasteiger partial charge in [0.05, 0.1) is 37.4 Å². The number of nitriles is 1. The average Bonchev–Trinajstić information content (AvgIpc) is 3.35. The predicted molar refractivity (Wildman–Crippen MR) is 171 cm³/mol. The summed E-state index contributed by atoms with van der Waals surface area (Å²) < 4.78 is 27.5. The molecule has 3 N–H and O–H groups in total. The monoisotopic (exact) mass is 652 g/mol. The van der Waals surface area contributed by atoms with Crippen LogP contribution in [0.15, 0.2) is 21.9 Å². The molecule has 1 saturated heterocycles. The molecule has 45 heavy (non-hydrogen) atoms. The highest BCUT2D eigenvalue weighted by atomic mass is 31.2. The minimum absolute atomic E-state index is 0.0452. The fourth-order valence-electron chi connectivity index (χ4n) is 4.84. The number of aromatic nitrogens is 2. The molecule has 15 heteroatoms. The lowest BCUT2D eigenvalue weighted by atomic mass is 10.2. The van der Waals surface area contributed by atoms with E-state index in [2.05, 4.69) is 26.4 Å². The molecule has 1 fully saturated rings. The molecule has 252 valence electrons. The van der Waals surface area contributed by atoms with Gasteiger partial charge >= 0.3 is 5.69 Å². The Balaban J connectivity index is 2.10. The summed E-state index contributed by atoms with van der Waals surface area (Å²) in [5, 5.41) is 14.6. The average molecular weight is 653 g/mol. The lowest BCUT2D eigenvalue weighted by Crippen LogP contribution is -2.36. The number of carbonyl (C=O) groups excluding carboxylic acids is 2. The lowest BCUT2D eigenvalue weighted by molar-refractivity contribution is -0.119. The zero-order valence-corrected chi connectivity index (χ0v) is 28.1. The molecule has 1 aliphatic rings. The zero-order chi connectivity index (χ0) is 33.4. The van der Waals surface area contributed by atoms with Crippen molar-refractivity contribution < 1.29 is 28.1 Å². The minimum atomic E-state index is -1.57. The van der Waals surface area contributed by atoms with Crippen molar-refractivity contribution in [2.75, 3.05) is 33.4 Å². The molecule has 14 nitrogen and oxygen atoms in total. The second kappa shape index (κ2) is 20.3. The lowest BCUT2D eigenvalue weighted by Gasteiger charge is -2.37. The highest BCUT2D eigenvalue weighted by Gasteiger charge is 2.41. The van der Waals surface area contributed by atoms with E-state index in [4.69, 9.17) is 23.8 Å². The van der Waals surface area contributed by atoms with Gasteiger partial charge < -0.3 is 29.2 Å². The predicted octanol–water partition coefficient (Wildman–Crippen LogP) is 2.96. The molecule has 0 aliphatic carbocycles. The number of unbranched alkanes of at least 4 members (excludes halogenated alkanes) is 3. The van der Waals surface area contributed by atoms with Crippen molar-refractivity contribution in [3.63, 3.8) is 0 Å². The SMILES string of the molecule is COC[C@H]1O[C@@H](n2cc(/C=C/C(=O)NCCCCCCNC(C)=O)c(=O)[nH]c2=O)CC1OP(OCCC#N)N(C(C)C)C(C)C. The van der Waals surface area contributed by atoms with Crippen LogP contribution in [0.4, 0.5) is 0 Å². The summed E-state index contributed by atoms with van der Waals surface area (Å²) in [5.41, 5.74) is -1.16. The number of hydrogen-bond donors (Lipinski definition) is 3. The highest BCUT2D eigenvalue weighted by molar-refractivity contribution is 7.44. The summed E-state index contributed by atoms with van der Waals surface area (Å²) in [5.74, 6) is -0.406. The number of aromatic amines is 1. The molecule has 1 aromatic rings. The van der Waals surface area contributed by atoms with Crippen LogP contribution in [0.5, 0.6) is 0 Å². The number of amides is 2. The van der Waals surface area contributed by atoms with Crippen LogP contribution in [0.3, 0.4) is 0 Å². The van der Waals surface area contributed by atoms with E-state index in [9.17, 15) is 19.2 Å². The van der Waals surface area contributed by atoms with E-state index in [1.165, 1.54) is 29.8 Å². The van der Waals surface area contributed by atoms with Gasteiger partial charge in [0.2, 0.25) is 11.8 Å². The van der Waals surface area contributed by atoms with Crippen LogP contribution < -0.4 is 21.9 Å². The van der Waals surface area contributed by atoms with Crippen molar-refractivity contribution in [3.8, 4) is 6.07 Å². The first-order valence-corrected chi connectivity index (χ1v) is 16.6. The van der Waals surface area contributed by atoms with Crippen molar-refractivity contribution in [2.45, 2.75) is 104 Å². The maximum absolute atomic E-state index is 12.8. The summed E-state index contributed by atoms with van der Waals surface area (Å²) in [6.45, 7) is 11.2. The molecule has 0 spiro atoms. The number of carbonyl (C=O) groups is 2. The van der Waals surface area contributed by atoms with Gasteiger partial charge in [-0.1, -0.05) is 12.8 Å². The van der Waals surface area contributed by atoms with Crippen molar-refractivity contribution in [1.29, 1.82) is 5.26 Å². The van der Waals surface area contributed by atoms with Crippen molar-refractivity contribution in [3.05, 3.63) is 38.7 Å². The molecule has 1 aromatic heterocycles. The van der Waals surface area contributed by atoms with Crippen molar-refractivity contribution in [2.24, 2.45) is 0 Å². The molecule has 0 bridgehead atoms. The Kier molecular flexibility index (Phi) is 17.2. The number of ether oxygens (including phenoxy) is 2. The maximum Gasteiger partial charge on any atom is 0.330 e. The maximum atomic E-state index is 12.8. The van der Waals surface area contributed by atoms with E-state index < -0.39 is 38.2 Å². The Hall–Kier alpha value is -2.92. The van der Waals surface area contributed by atoms with E-state index in [0.29, 0.717) is 13.1 Å². The first kappa shape index (κ1) is 38.3. The Bertz CT molecular complexity index is 1250. The van der Waals surface area contributed by atoms with Gasteiger partial charge in [-0.3, -0.25) is 23.9 Å². The normalized spacial score (nSPS) is 19.0. The number of nitrogens with zero attached hydrogens (tertiary/aromatic N) is 3. The molecular weight excluding hydrogens is 603 g/mol. The Labute approximate surface area is 266 Å². The summed E-state index contributed by atoms with van der Waals surface area (Å²) in [4.78, 5) is 50.9. The first-order valence-electron chi connectivity index (χ1n) is 15.4. The zero-order valence-electron chi connectivity index (χ0n) is 27.2. The van der Waals surface area contributed by atoms with E-state index in [0.717, 1.165) is 25.7 Å². The van der Waals surface area contributed by atoms with Crippen LogP contribution in [0.25, 0.3) is 6.08 Å². The number of hydrogen-bond acceptors (Lipinski definition) is 10. The Morgan fingerprint density at radius 1 is 1.18 bits per heavy atom. The van der Waals surface area contributed by atoms with Crippen LogP contribution in [-0.4, -0.2) is 83.7 Å². The van der Waals surface area contributed by atoms with E-state index in [1.54, 1.807) is 7.11 Å². The molecule has 2 heterocycles. The van der Waals surface area contributed by atoms with Crippen molar-refractivity contribution >= 4 is 26.4 Å². The third-order valence-corrected chi connectivity index (χ3v) is 9.05. The molecule has 2 unspecified atom stereocenters. The molecule has 1 aliphatic heterocycles. The van der Waals surface area contributed by atoms with Gasteiger partial charge in [-0.25, -0.2) is 9.46 Å². The quantitative estimate of drug-likeness (QED) is 0.108. The van der Waals surface area contributed by atoms with Gasteiger partial charge in [0.1, 0.15) is 12.3 Å². The topological polar surface area (TPSA) is 177 Å². The summed E-state index contributed by atoms with van der Waals surface area (Å²) in [6, 6.07) is 2.29. The van der Waals surface area contributed by atoms with Crippen LogP contribution in [-0.2, 0) is 28.1 Å². The Morgan fingerprint density at radius 3 is 2.44 bits per heavy atom. The van der Waals surface area contributed by atoms with E-state index >= 15 is 0 Å². The van der Waals surface area contributed by atoms with E-state index in [-0.39, 0.29) is 55.5 Å². The number of nitrogens with one attached hydrogen (secondary N) is 3. The van der Waals surface area contributed by atoms with Gasteiger partial charge in [-0.2, -0.15) is 5.26 Å². The number of rotatable bonds is 20. The molecule has 0 radical (unpaired) electrons. The molecule has 2 amide bonds. The summed E-state index contributed by atoms with van der Waals surface area (Å²) in [6.07, 6.45) is 6.19. The van der Waals surface area contributed by atoms with Crippen LogP contribution >= 0.6 is 8.53 Å². The van der Waals surface area contributed by atoms with E-state index in [1.807, 2.05) is 27.7 Å². The number of H-pyrrole nitrogens is 1. The standard InChI is InChI=1S/C30H49N6O8P/c1-21(2)36(22(3)4)45(42-17-11-14-31)44-25-18-28(43-26(25)20-41-6)35-19-24(29(39)34-30(35)40)12-13-27(38)33-16-10-8-7-9-15-32-23(5)37/h12-13,19,21-22,25-26,28H,7-11,15-18,20H2,1-6H3,(H,32,37)(H,33,38)(H,34,39,40)/b13-12+/t25?,26-,28-,45?/m1/s1. The largest absolute Gasteiger partial charge is 0.382 e.